The molecule has 4 aromatic rings. The van der Waals surface area contributed by atoms with Gasteiger partial charge in [0.1, 0.15) is 11.7 Å². The largest absolute Gasteiger partial charge is 0.318 e. The summed E-state index contributed by atoms with van der Waals surface area (Å²) in [6.45, 7) is 0. The van der Waals surface area contributed by atoms with Gasteiger partial charge in [-0.1, -0.05) is 28.8 Å². The highest BCUT2D eigenvalue weighted by Gasteiger charge is 2.34. The molecule has 1 aliphatic rings. The Bertz CT molecular complexity index is 1330. The van der Waals surface area contributed by atoms with Crippen LogP contribution in [-0.2, 0) is 0 Å². The van der Waals surface area contributed by atoms with E-state index in [0.717, 1.165) is 5.56 Å². The van der Waals surface area contributed by atoms with E-state index in [9.17, 15) is 14.9 Å². The number of anilines is 2. The zero-order chi connectivity index (χ0) is 20.8. The van der Waals surface area contributed by atoms with Crippen LogP contribution >= 0.6 is 11.6 Å². The van der Waals surface area contributed by atoms with Crippen molar-refractivity contribution in [1.29, 1.82) is 0 Å². The van der Waals surface area contributed by atoms with Crippen LogP contribution in [0.5, 0.6) is 0 Å². The third-order valence-corrected chi connectivity index (χ3v) is 5.06. The van der Waals surface area contributed by atoms with E-state index in [-0.39, 0.29) is 11.4 Å². The van der Waals surface area contributed by atoms with Gasteiger partial charge in [0.25, 0.3) is 11.2 Å². The number of nitrogens with one attached hydrogen (secondary N) is 2. The first-order valence-corrected chi connectivity index (χ1v) is 9.08. The number of nitro benzene ring substituents is 1. The summed E-state index contributed by atoms with van der Waals surface area (Å²) in [5.41, 5.74) is 2.11. The number of hydrogen-bond acceptors (Lipinski definition) is 8. The van der Waals surface area contributed by atoms with Gasteiger partial charge in [0.15, 0.2) is 0 Å². The number of H-pyrrole nitrogens is 1. The summed E-state index contributed by atoms with van der Waals surface area (Å²) >= 11 is 6.04. The maximum Gasteiger partial charge on any atom is 0.288 e. The summed E-state index contributed by atoms with van der Waals surface area (Å²) in [5.74, 6) is 0.300. The lowest BCUT2D eigenvalue weighted by Gasteiger charge is -2.27. The third kappa shape index (κ3) is 2.79. The van der Waals surface area contributed by atoms with Gasteiger partial charge in [-0.25, -0.2) is 5.10 Å². The fraction of sp³-hybridized carbons (Fsp3) is 0.0556. The summed E-state index contributed by atoms with van der Waals surface area (Å²) in [6.07, 6.45) is 0. The number of non-ortho nitro benzene ring substituents is 1. The number of rotatable bonds is 3. The zero-order valence-electron chi connectivity index (χ0n) is 15.0. The van der Waals surface area contributed by atoms with Crippen LogP contribution in [0.2, 0.25) is 5.02 Å². The molecule has 0 amide bonds. The topological polar surface area (TPSA) is 145 Å². The summed E-state index contributed by atoms with van der Waals surface area (Å²) < 4.78 is 1.54. The Morgan fingerprint density at radius 3 is 2.53 bits per heavy atom. The van der Waals surface area contributed by atoms with Crippen LogP contribution in [-0.4, -0.2) is 35.3 Å². The minimum absolute atomic E-state index is 0.0489. The molecule has 2 aromatic carbocycles. The molecule has 0 bridgehead atoms. The van der Waals surface area contributed by atoms with Crippen molar-refractivity contribution in [3.63, 3.8) is 0 Å². The molecular weight excluding hydrogens is 412 g/mol. The second kappa shape index (κ2) is 6.74. The molecule has 0 radical (unpaired) electrons. The molecule has 2 N–H and O–H groups in total. The van der Waals surface area contributed by atoms with Crippen molar-refractivity contribution in [1.82, 2.24) is 30.4 Å². The van der Waals surface area contributed by atoms with Crippen molar-refractivity contribution in [3.8, 4) is 11.3 Å². The Labute approximate surface area is 172 Å². The molecule has 3 heterocycles. The number of nitrogens with zero attached hydrogens (tertiary/aromatic N) is 6. The van der Waals surface area contributed by atoms with Crippen molar-refractivity contribution in [3.05, 3.63) is 85.1 Å². The normalized spacial score (nSPS) is 14.5. The van der Waals surface area contributed by atoms with Crippen LogP contribution in [0.1, 0.15) is 17.2 Å². The van der Waals surface area contributed by atoms with Crippen LogP contribution in [0.25, 0.3) is 11.3 Å². The van der Waals surface area contributed by atoms with E-state index < -0.39 is 16.5 Å². The second-order valence-electron chi connectivity index (χ2n) is 6.52. The van der Waals surface area contributed by atoms with Gasteiger partial charge in [0.2, 0.25) is 5.95 Å². The van der Waals surface area contributed by atoms with Crippen molar-refractivity contribution in [2.45, 2.75) is 6.04 Å². The molecule has 0 saturated heterocycles. The van der Waals surface area contributed by atoms with E-state index in [2.05, 4.69) is 31.0 Å². The number of nitro groups is 1. The number of fused-ring (bicyclic) bond motifs is 2. The molecule has 1 atom stereocenters. The van der Waals surface area contributed by atoms with Gasteiger partial charge in [-0.3, -0.25) is 14.9 Å². The van der Waals surface area contributed by atoms with E-state index in [0.29, 0.717) is 27.8 Å². The predicted molar refractivity (Wildman–Crippen MR) is 107 cm³/mol. The van der Waals surface area contributed by atoms with E-state index >= 15 is 0 Å². The first kappa shape index (κ1) is 17.9. The first-order chi connectivity index (χ1) is 14.5. The van der Waals surface area contributed by atoms with Crippen molar-refractivity contribution in [2.24, 2.45) is 0 Å². The average Bonchev–Trinajstić information content (AvgIpc) is 3.22. The SMILES string of the molecule is O=c1[nH]nc(-c2ccc([N+](=O)[O-])cc2)c2c1Nc1nnnn1[C@H]2c1ccc(Cl)cc1. The number of benzene rings is 2. The van der Waals surface area contributed by atoms with Gasteiger partial charge in [0.05, 0.1) is 10.6 Å². The summed E-state index contributed by atoms with van der Waals surface area (Å²) in [7, 11) is 0. The predicted octanol–water partition coefficient (Wildman–Crippen LogP) is 2.68. The minimum Gasteiger partial charge on any atom is -0.318 e. The van der Waals surface area contributed by atoms with Gasteiger partial charge < -0.3 is 5.32 Å². The Balaban J connectivity index is 1.76. The van der Waals surface area contributed by atoms with Crippen LogP contribution in [0, 0.1) is 10.1 Å². The highest BCUT2D eigenvalue weighted by Crippen LogP contribution is 2.41. The van der Waals surface area contributed by atoms with Crippen LogP contribution in [0.4, 0.5) is 17.3 Å². The summed E-state index contributed by atoms with van der Waals surface area (Å²) in [4.78, 5) is 23.1. The summed E-state index contributed by atoms with van der Waals surface area (Å²) in [6, 6.07) is 12.4. The van der Waals surface area contributed by atoms with E-state index in [1.54, 1.807) is 28.9 Å². The lowest BCUT2D eigenvalue weighted by Crippen LogP contribution is -2.29. The van der Waals surface area contributed by atoms with E-state index in [1.165, 1.54) is 12.1 Å². The van der Waals surface area contributed by atoms with E-state index in [1.807, 2.05) is 12.1 Å². The molecule has 148 valence electrons. The molecule has 30 heavy (non-hydrogen) atoms. The van der Waals surface area contributed by atoms with Crippen molar-refractivity contribution in [2.75, 3.05) is 5.32 Å². The maximum atomic E-state index is 12.6. The average molecular weight is 423 g/mol. The maximum absolute atomic E-state index is 12.6. The third-order valence-electron chi connectivity index (χ3n) is 4.81. The number of tetrazole rings is 1. The molecule has 5 rings (SSSR count). The molecule has 0 saturated carbocycles. The lowest BCUT2D eigenvalue weighted by molar-refractivity contribution is -0.384. The minimum atomic E-state index is -0.566. The standard InChI is InChI=1S/C18H11ClN8O3/c19-11-5-1-10(2-6-11)16-13-14(9-3-7-12(8-4-9)27(29)30)21-22-17(28)15(13)20-18-23-24-25-26(16)18/h1-8,16H,(H,22,28)(H,20,23,25)/t16-/m0/s1. The van der Waals surface area contributed by atoms with Crippen LogP contribution in [0.15, 0.2) is 53.3 Å². The fourth-order valence-corrected chi connectivity index (χ4v) is 3.58. The molecule has 2 aromatic heterocycles. The van der Waals surface area contributed by atoms with Crippen LogP contribution < -0.4 is 10.9 Å². The quantitative estimate of drug-likeness (QED) is 0.333. The molecule has 1 aliphatic heterocycles. The lowest BCUT2D eigenvalue weighted by atomic mass is 9.92. The number of aromatic amines is 1. The number of hydrogen-bond donors (Lipinski definition) is 2. The Hall–Kier alpha value is -4.12. The highest BCUT2D eigenvalue weighted by atomic mass is 35.5. The Kier molecular flexibility index (Phi) is 4.03. The number of halogens is 1. The van der Waals surface area contributed by atoms with Gasteiger partial charge >= 0.3 is 0 Å². The van der Waals surface area contributed by atoms with Gasteiger partial charge in [-0.05, 0) is 40.3 Å². The van der Waals surface area contributed by atoms with Crippen molar-refractivity contribution >= 4 is 28.9 Å². The fourth-order valence-electron chi connectivity index (χ4n) is 3.45. The van der Waals surface area contributed by atoms with Crippen molar-refractivity contribution < 1.29 is 4.92 Å². The highest BCUT2D eigenvalue weighted by molar-refractivity contribution is 6.30. The molecule has 0 spiro atoms. The molecule has 11 nitrogen and oxygen atoms in total. The van der Waals surface area contributed by atoms with Crippen LogP contribution in [0.3, 0.4) is 0 Å². The second-order valence-corrected chi connectivity index (χ2v) is 6.96. The molecule has 12 heteroatoms. The van der Waals surface area contributed by atoms with Gasteiger partial charge in [-0.15, -0.1) is 0 Å². The summed E-state index contributed by atoms with van der Waals surface area (Å²) in [5, 5.41) is 32.9. The Morgan fingerprint density at radius 1 is 1.10 bits per heavy atom. The Morgan fingerprint density at radius 2 is 1.83 bits per heavy atom. The molecular formula is C18H11ClN8O3. The first-order valence-electron chi connectivity index (χ1n) is 8.70. The molecule has 0 unspecified atom stereocenters. The monoisotopic (exact) mass is 422 g/mol. The molecule has 0 fully saturated rings. The smallest absolute Gasteiger partial charge is 0.288 e. The molecule has 0 aliphatic carbocycles. The number of aromatic nitrogens is 6. The van der Waals surface area contributed by atoms with Gasteiger partial charge in [0, 0.05) is 28.3 Å². The van der Waals surface area contributed by atoms with E-state index in [4.69, 9.17) is 11.6 Å². The zero-order valence-corrected chi connectivity index (χ0v) is 15.7. The van der Waals surface area contributed by atoms with Gasteiger partial charge in [-0.2, -0.15) is 9.78 Å².